The second kappa shape index (κ2) is 4.60. The molecule has 0 aliphatic heterocycles. The molecule has 98 valence electrons. The Morgan fingerprint density at radius 2 is 2.37 bits per heavy atom. The van der Waals surface area contributed by atoms with Crippen LogP contribution in [0, 0.1) is 0 Å². The first-order valence-corrected chi connectivity index (χ1v) is 5.92. The molecule has 7 heteroatoms. The van der Waals surface area contributed by atoms with Gasteiger partial charge in [-0.15, -0.1) is 0 Å². The zero-order valence-electron chi connectivity index (χ0n) is 10.4. The lowest BCUT2D eigenvalue weighted by Gasteiger charge is -2.12. The lowest BCUT2D eigenvalue weighted by molar-refractivity contribution is 0.463. The van der Waals surface area contributed by atoms with Crippen LogP contribution in [0.25, 0.3) is 0 Å². The van der Waals surface area contributed by atoms with Crippen molar-refractivity contribution in [3.8, 4) is 0 Å². The van der Waals surface area contributed by atoms with Crippen LogP contribution in [-0.4, -0.2) is 24.5 Å². The monoisotopic (exact) mass is 259 g/mol. The maximum Gasteiger partial charge on any atom is 0.343 e. The molecule has 3 aromatic rings. The topological polar surface area (TPSA) is 81.6 Å². The average Bonchev–Trinajstić information content (AvgIpc) is 3.13. The quantitative estimate of drug-likeness (QED) is 0.758. The molecule has 1 N–H and O–H groups in total. The Balaban J connectivity index is 1.96. The molecule has 0 aromatic carbocycles. The molecule has 1 unspecified atom stereocenters. The van der Waals surface area contributed by atoms with Crippen molar-refractivity contribution in [3.05, 3.63) is 58.9 Å². The molecule has 0 saturated carbocycles. The summed E-state index contributed by atoms with van der Waals surface area (Å²) >= 11 is 0. The molecule has 0 aliphatic carbocycles. The third-order valence-corrected chi connectivity index (χ3v) is 2.98. The molecule has 7 nitrogen and oxygen atoms in total. The van der Waals surface area contributed by atoms with Crippen molar-refractivity contribution in [1.29, 1.82) is 0 Å². The second-order valence-electron chi connectivity index (χ2n) is 4.21. The van der Waals surface area contributed by atoms with Crippen LogP contribution in [0.15, 0.2) is 46.1 Å². The highest BCUT2D eigenvalue weighted by molar-refractivity contribution is 5.03. The van der Waals surface area contributed by atoms with E-state index in [-0.39, 0.29) is 11.7 Å². The molecular weight excluding hydrogens is 246 g/mol. The minimum absolute atomic E-state index is 0.135. The van der Waals surface area contributed by atoms with Gasteiger partial charge in [0.25, 0.3) is 0 Å². The van der Waals surface area contributed by atoms with Gasteiger partial charge in [-0.2, -0.15) is 10.2 Å². The number of hydrogen-bond donors (Lipinski definition) is 1. The third-order valence-electron chi connectivity index (χ3n) is 2.98. The van der Waals surface area contributed by atoms with E-state index in [0.717, 1.165) is 0 Å². The lowest BCUT2D eigenvalue weighted by Crippen LogP contribution is -2.22. The first-order chi connectivity index (χ1) is 9.25. The highest BCUT2D eigenvalue weighted by Crippen LogP contribution is 2.14. The lowest BCUT2D eigenvalue weighted by atomic mass is 10.3. The SMILES string of the molecule is CC(c1n[nH]c(=O)n1Cc1ccco1)n1cccn1. The summed E-state index contributed by atoms with van der Waals surface area (Å²) in [6.07, 6.45) is 5.11. The van der Waals surface area contributed by atoms with Crippen molar-refractivity contribution in [3.63, 3.8) is 0 Å². The van der Waals surface area contributed by atoms with Gasteiger partial charge in [-0.25, -0.2) is 9.89 Å². The molecule has 0 spiro atoms. The maximum absolute atomic E-state index is 11.8. The van der Waals surface area contributed by atoms with Gasteiger partial charge in [0.2, 0.25) is 0 Å². The molecule has 0 radical (unpaired) electrons. The number of hydrogen-bond acceptors (Lipinski definition) is 4. The summed E-state index contributed by atoms with van der Waals surface area (Å²) in [7, 11) is 0. The predicted octanol–water partition coefficient (Wildman–Crippen LogP) is 1.02. The third kappa shape index (κ3) is 2.10. The average molecular weight is 259 g/mol. The molecule has 0 aliphatic rings. The molecule has 3 heterocycles. The molecule has 3 aromatic heterocycles. The molecular formula is C12H13N5O2. The molecule has 3 rings (SSSR count). The molecule has 1 atom stereocenters. The maximum atomic E-state index is 11.8. The Bertz CT molecular complexity index is 693. The van der Waals surface area contributed by atoms with Crippen molar-refractivity contribution in [2.45, 2.75) is 19.5 Å². The summed E-state index contributed by atoms with van der Waals surface area (Å²) in [5.41, 5.74) is -0.259. The van der Waals surface area contributed by atoms with Gasteiger partial charge < -0.3 is 4.42 Å². The largest absolute Gasteiger partial charge is 0.467 e. The Morgan fingerprint density at radius 1 is 1.47 bits per heavy atom. The Labute approximate surface area is 108 Å². The summed E-state index contributed by atoms with van der Waals surface area (Å²) < 4.78 is 8.55. The van der Waals surface area contributed by atoms with E-state index in [9.17, 15) is 4.79 Å². The predicted molar refractivity (Wildman–Crippen MR) is 66.7 cm³/mol. The van der Waals surface area contributed by atoms with Crippen LogP contribution in [0.5, 0.6) is 0 Å². The number of aromatic nitrogens is 5. The summed E-state index contributed by atoms with van der Waals surface area (Å²) in [5.74, 6) is 1.32. The fourth-order valence-electron chi connectivity index (χ4n) is 1.99. The van der Waals surface area contributed by atoms with E-state index in [1.54, 1.807) is 27.8 Å². The van der Waals surface area contributed by atoms with Crippen molar-refractivity contribution in [2.24, 2.45) is 0 Å². The standard InChI is InChI=1S/C12H13N5O2/c1-9(17-6-3-5-13-17)11-14-15-12(18)16(11)8-10-4-2-7-19-10/h2-7,9H,8H2,1H3,(H,15,18). The first kappa shape index (κ1) is 11.5. The molecule has 0 amide bonds. The van der Waals surface area contributed by atoms with Crippen LogP contribution in [0.4, 0.5) is 0 Å². The van der Waals surface area contributed by atoms with Crippen molar-refractivity contribution in [2.75, 3.05) is 0 Å². The fraction of sp³-hybridized carbons (Fsp3) is 0.250. The smallest absolute Gasteiger partial charge is 0.343 e. The van der Waals surface area contributed by atoms with E-state index in [4.69, 9.17) is 4.42 Å². The van der Waals surface area contributed by atoms with Crippen LogP contribution in [0.3, 0.4) is 0 Å². The van der Waals surface area contributed by atoms with Gasteiger partial charge in [0.15, 0.2) is 5.82 Å². The van der Waals surface area contributed by atoms with Crippen molar-refractivity contribution in [1.82, 2.24) is 24.5 Å². The molecule has 0 fully saturated rings. The second-order valence-corrected chi connectivity index (χ2v) is 4.21. The van der Waals surface area contributed by atoms with E-state index >= 15 is 0 Å². The molecule has 0 saturated heterocycles. The zero-order valence-corrected chi connectivity index (χ0v) is 10.4. The number of rotatable bonds is 4. The van der Waals surface area contributed by atoms with Crippen LogP contribution in [0.1, 0.15) is 24.6 Å². The zero-order chi connectivity index (χ0) is 13.2. The normalized spacial score (nSPS) is 12.7. The van der Waals surface area contributed by atoms with Crippen LogP contribution < -0.4 is 5.69 Å². The van der Waals surface area contributed by atoms with E-state index in [2.05, 4.69) is 15.3 Å². The summed E-state index contributed by atoms with van der Waals surface area (Å²) in [6.45, 7) is 2.28. The van der Waals surface area contributed by atoms with E-state index in [1.165, 1.54) is 0 Å². The Hall–Kier alpha value is -2.57. The summed E-state index contributed by atoms with van der Waals surface area (Å²) in [5, 5.41) is 10.7. The fourth-order valence-corrected chi connectivity index (χ4v) is 1.99. The van der Waals surface area contributed by atoms with Gasteiger partial charge in [0, 0.05) is 12.4 Å². The van der Waals surface area contributed by atoms with Crippen molar-refractivity contribution >= 4 is 0 Å². The summed E-state index contributed by atoms with van der Waals surface area (Å²) in [6, 6.07) is 5.31. The van der Waals surface area contributed by atoms with Gasteiger partial charge >= 0.3 is 5.69 Å². The van der Waals surface area contributed by atoms with Crippen molar-refractivity contribution < 1.29 is 4.42 Å². The van der Waals surface area contributed by atoms with Gasteiger partial charge in [-0.1, -0.05) is 0 Å². The van der Waals surface area contributed by atoms with Gasteiger partial charge in [0.1, 0.15) is 11.8 Å². The van der Waals surface area contributed by atoms with E-state index in [0.29, 0.717) is 18.1 Å². The Kier molecular flexibility index (Phi) is 2.79. The summed E-state index contributed by atoms with van der Waals surface area (Å²) in [4.78, 5) is 11.8. The highest BCUT2D eigenvalue weighted by atomic mass is 16.3. The first-order valence-electron chi connectivity index (χ1n) is 5.92. The number of nitrogens with zero attached hydrogens (tertiary/aromatic N) is 4. The van der Waals surface area contributed by atoms with Gasteiger partial charge in [-0.3, -0.25) is 9.25 Å². The van der Waals surface area contributed by atoms with E-state index < -0.39 is 0 Å². The van der Waals surface area contributed by atoms with Crippen LogP contribution in [-0.2, 0) is 6.54 Å². The minimum atomic E-state index is -0.259. The Morgan fingerprint density at radius 3 is 3.05 bits per heavy atom. The number of furan rings is 1. The minimum Gasteiger partial charge on any atom is -0.467 e. The van der Waals surface area contributed by atoms with Crippen LogP contribution in [0.2, 0.25) is 0 Å². The van der Waals surface area contributed by atoms with Gasteiger partial charge in [-0.05, 0) is 25.1 Å². The van der Waals surface area contributed by atoms with Crippen LogP contribution >= 0.6 is 0 Å². The number of H-pyrrole nitrogens is 1. The number of nitrogens with one attached hydrogen (secondary N) is 1. The number of aromatic amines is 1. The molecule has 0 bridgehead atoms. The highest BCUT2D eigenvalue weighted by Gasteiger charge is 2.18. The molecule has 19 heavy (non-hydrogen) atoms. The van der Waals surface area contributed by atoms with Gasteiger partial charge in [0.05, 0.1) is 12.8 Å². The van der Waals surface area contributed by atoms with E-state index in [1.807, 2.05) is 25.3 Å².